The summed E-state index contributed by atoms with van der Waals surface area (Å²) in [4.78, 5) is 0. The number of hydrogen-bond donors (Lipinski definition) is 0. The van der Waals surface area contributed by atoms with E-state index in [4.69, 9.17) is 0 Å². The zero-order valence-corrected chi connectivity index (χ0v) is 7.28. The van der Waals surface area contributed by atoms with Crippen LogP contribution in [0.5, 0.6) is 0 Å². The van der Waals surface area contributed by atoms with Gasteiger partial charge in [0.2, 0.25) is 0 Å². The predicted molar refractivity (Wildman–Crippen MR) is 41.6 cm³/mol. The van der Waals surface area contributed by atoms with Gasteiger partial charge in [-0.1, -0.05) is 44.1 Å². The van der Waals surface area contributed by atoms with Gasteiger partial charge in [-0.3, -0.25) is 0 Å². The highest BCUT2D eigenvalue weighted by Crippen LogP contribution is 1.99. The third-order valence-electron chi connectivity index (χ3n) is 0.397. The Morgan fingerprint density at radius 1 is 2.00 bits per heavy atom. The average molecular weight is 261 g/mol. The molecule has 0 rings (SSSR count). The second kappa shape index (κ2) is 4.12. The minimum Gasteiger partial charge on any atom is -0.0880 e. The summed E-state index contributed by atoms with van der Waals surface area (Å²) in [6, 6.07) is 0. The van der Waals surface area contributed by atoms with Crippen molar-refractivity contribution in [3.63, 3.8) is 0 Å². The monoisotopic (exact) mass is 260 g/mol. The van der Waals surface area contributed by atoms with Gasteiger partial charge in [-0.15, -0.1) is 0 Å². The van der Waals surface area contributed by atoms with Crippen LogP contribution in [0.3, 0.4) is 0 Å². The molecule has 6 heavy (non-hydrogen) atoms. The van der Waals surface area contributed by atoms with Crippen molar-refractivity contribution in [3.8, 4) is 0 Å². The van der Waals surface area contributed by atoms with Gasteiger partial charge in [-0.25, -0.2) is 0 Å². The molecule has 36 valence electrons. The molecule has 0 aromatic heterocycles. The minimum absolute atomic E-state index is 0.996. The van der Waals surface area contributed by atoms with E-state index in [1.54, 1.807) is 0 Å². The van der Waals surface area contributed by atoms with Crippen molar-refractivity contribution < 1.29 is 0 Å². The standard InChI is InChI=1S/C4H6BrI/c1-4(2-5)3-6/h3H,2H2,1H3/b4-3-. The van der Waals surface area contributed by atoms with Crippen molar-refractivity contribution in [2.24, 2.45) is 0 Å². The fraction of sp³-hybridized carbons (Fsp3) is 0.500. The van der Waals surface area contributed by atoms with Gasteiger partial charge in [-0.2, -0.15) is 0 Å². The maximum atomic E-state index is 3.30. The van der Waals surface area contributed by atoms with Gasteiger partial charge >= 0.3 is 0 Å². The fourth-order valence-corrected chi connectivity index (χ4v) is 1.02. The highest BCUT2D eigenvalue weighted by Gasteiger charge is 1.76. The quantitative estimate of drug-likeness (QED) is 0.502. The maximum absolute atomic E-state index is 3.30. The smallest absolute Gasteiger partial charge is 0.0246 e. The van der Waals surface area contributed by atoms with Crippen molar-refractivity contribution >= 4 is 38.5 Å². The molecule has 0 aromatic carbocycles. The molecule has 0 aliphatic carbocycles. The third kappa shape index (κ3) is 3.15. The summed E-state index contributed by atoms with van der Waals surface area (Å²) in [6.07, 6.45) is 0. The molecule has 0 fully saturated rings. The molecular formula is C4H6BrI. The topological polar surface area (TPSA) is 0 Å². The molecule has 0 bridgehead atoms. The Hall–Kier alpha value is 0.950. The zero-order valence-electron chi connectivity index (χ0n) is 3.54. The molecule has 0 saturated carbocycles. The average Bonchev–Trinajstić information content (AvgIpc) is 1.65. The molecule has 0 spiro atoms. The van der Waals surface area contributed by atoms with E-state index in [0.717, 1.165) is 5.33 Å². The number of allylic oxidation sites excluding steroid dienone is 1. The molecule has 0 aromatic rings. The van der Waals surface area contributed by atoms with Gasteiger partial charge in [-0.05, 0) is 11.0 Å². The second-order valence-electron chi connectivity index (χ2n) is 1.09. The van der Waals surface area contributed by atoms with Gasteiger partial charge in [0.05, 0.1) is 0 Å². The highest BCUT2D eigenvalue weighted by molar-refractivity contribution is 14.1. The van der Waals surface area contributed by atoms with Crippen molar-refractivity contribution in [2.45, 2.75) is 6.92 Å². The van der Waals surface area contributed by atoms with E-state index >= 15 is 0 Å². The van der Waals surface area contributed by atoms with Gasteiger partial charge in [0.15, 0.2) is 0 Å². The number of hydrogen-bond acceptors (Lipinski definition) is 0. The molecule has 0 unspecified atom stereocenters. The number of rotatable bonds is 1. The van der Waals surface area contributed by atoms with E-state index in [1.165, 1.54) is 5.57 Å². The Morgan fingerprint density at radius 3 is 2.50 bits per heavy atom. The Morgan fingerprint density at radius 2 is 2.50 bits per heavy atom. The van der Waals surface area contributed by atoms with E-state index in [2.05, 4.69) is 49.5 Å². The molecule has 0 aliphatic rings. The van der Waals surface area contributed by atoms with E-state index in [1.807, 2.05) is 0 Å². The largest absolute Gasteiger partial charge is 0.0880 e. The summed E-state index contributed by atoms with van der Waals surface area (Å²) < 4.78 is 2.06. The number of halogens is 2. The van der Waals surface area contributed by atoms with Crippen LogP contribution in [0.2, 0.25) is 0 Å². The third-order valence-corrected chi connectivity index (χ3v) is 2.34. The lowest BCUT2D eigenvalue weighted by Gasteiger charge is -1.82. The summed E-state index contributed by atoms with van der Waals surface area (Å²) in [5.41, 5.74) is 1.37. The van der Waals surface area contributed by atoms with E-state index in [-0.39, 0.29) is 0 Å². The first-order valence-corrected chi connectivity index (χ1v) is 3.99. The molecule has 0 nitrogen and oxygen atoms in total. The Kier molecular flexibility index (Phi) is 4.77. The van der Waals surface area contributed by atoms with Gasteiger partial charge in [0, 0.05) is 5.33 Å². The lowest BCUT2D eigenvalue weighted by molar-refractivity contribution is 1.45. The highest BCUT2D eigenvalue weighted by atomic mass is 127. The molecule has 2 heteroatoms. The Balaban J connectivity index is 3.22. The van der Waals surface area contributed by atoms with Crippen LogP contribution in [-0.4, -0.2) is 5.33 Å². The molecule has 0 amide bonds. The van der Waals surface area contributed by atoms with Gasteiger partial charge in [0.1, 0.15) is 0 Å². The van der Waals surface area contributed by atoms with Crippen LogP contribution in [0.1, 0.15) is 6.92 Å². The Bertz CT molecular complexity index is 58.6. The van der Waals surface area contributed by atoms with Gasteiger partial charge in [0.25, 0.3) is 0 Å². The van der Waals surface area contributed by atoms with Crippen LogP contribution < -0.4 is 0 Å². The summed E-state index contributed by atoms with van der Waals surface area (Å²) in [5.74, 6) is 0. The van der Waals surface area contributed by atoms with Crippen molar-refractivity contribution in [3.05, 3.63) is 9.66 Å². The predicted octanol–water partition coefficient (Wildman–Crippen LogP) is 2.72. The van der Waals surface area contributed by atoms with E-state index < -0.39 is 0 Å². The van der Waals surface area contributed by atoms with Crippen LogP contribution in [0.15, 0.2) is 9.66 Å². The molecule has 0 N–H and O–H groups in total. The fourth-order valence-electron chi connectivity index (χ4n) is 0.0292. The Labute approximate surface area is 60.3 Å². The summed E-state index contributed by atoms with van der Waals surface area (Å²) in [7, 11) is 0. The van der Waals surface area contributed by atoms with Crippen molar-refractivity contribution in [1.82, 2.24) is 0 Å². The molecule has 0 radical (unpaired) electrons. The summed E-state index contributed by atoms with van der Waals surface area (Å²) in [5, 5.41) is 0.996. The molecule has 0 atom stereocenters. The van der Waals surface area contributed by atoms with E-state index in [9.17, 15) is 0 Å². The first-order valence-electron chi connectivity index (χ1n) is 1.63. The maximum Gasteiger partial charge on any atom is 0.0246 e. The first kappa shape index (κ1) is 6.95. The summed E-state index contributed by atoms with van der Waals surface area (Å²) in [6.45, 7) is 2.08. The molecular weight excluding hydrogens is 255 g/mol. The molecule has 0 saturated heterocycles. The van der Waals surface area contributed by atoms with Crippen LogP contribution in [0.4, 0.5) is 0 Å². The zero-order chi connectivity index (χ0) is 4.99. The lowest BCUT2D eigenvalue weighted by atomic mass is 10.4. The summed E-state index contributed by atoms with van der Waals surface area (Å²) >= 11 is 5.52. The lowest BCUT2D eigenvalue weighted by Crippen LogP contribution is -1.67. The van der Waals surface area contributed by atoms with Crippen LogP contribution in [0, 0.1) is 0 Å². The first-order chi connectivity index (χ1) is 2.81. The van der Waals surface area contributed by atoms with Crippen LogP contribution in [0.25, 0.3) is 0 Å². The van der Waals surface area contributed by atoms with Crippen molar-refractivity contribution in [1.29, 1.82) is 0 Å². The molecule has 0 aliphatic heterocycles. The number of alkyl halides is 1. The van der Waals surface area contributed by atoms with Crippen LogP contribution in [-0.2, 0) is 0 Å². The second-order valence-corrected chi connectivity index (χ2v) is 2.27. The van der Waals surface area contributed by atoms with Gasteiger partial charge < -0.3 is 0 Å². The normalized spacial score (nSPS) is 12.2. The van der Waals surface area contributed by atoms with E-state index in [0.29, 0.717) is 0 Å². The SMILES string of the molecule is C/C(=C/I)CBr. The van der Waals surface area contributed by atoms with Crippen molar-refractivity contribution in [2.75, 3.05) is 5.33 Å². The van der Waals surface area contributed by atoms with Crippen LogP contribution >= 0.6 is 38.5 Å². The minimum atomic E-state index is 0.996. The molecule has 0 heterocycles.